The second kappa shape index (κ2) is 10.4. The van der Waals surface area contributed by atoms with Crippen molar-refractivity contribution in [2.75, 3.05) is 0 Å². The number of hydrogen-bond donors (Lipinski definition) is 2. The smallest absolute Gasteiger partial charge is 0.349 e. The highest BCUT2D eigenvalue weighted by Gasteiger charge is 2.59. The number of hydrogen-bond acceptors (Lipinski definition) is 4. The minimum absolute atomic E-state index is 0.0139. The summed E-state index contributed by atoms with van der Waals surface area (Å²) < 4.78 is 94.9. The van der Waals surface area contributed by atoms with Crippen molar-refractivity contribution >= 4 is 17.5 Å². The lowest BCUT2D eigenvalue weighted by atomic mass is 9.79. The number of carbonyl (C=O) groups excluding carboxylic acids is 2. The molecule has 0 spiro atoms. The lowest BCUT2D eigenvalue weighted by molar-refractivity contribution is -0.155. The maximum absolute atomic E-state index is 13.9. The van der Waals surface area contributed by atoms with E-state index >= 15 is 0 Å². The molecular formula is C28H32F7N5O2. The zero-order valence-electron chi connectivity index (χ0n) is 22.6. The highest BCUT2D eigenvalue weighted by molar-refractivity contribution is 5.82. The third kappa shape index (κ3) is 6.36. The van der Waals surface area contributed by atoms with Gasteiger partial charge in [-0.1, -0.05) is 0 Å². The van der Waals surface area contributed by atoms with E-state index in [9.17, 15) is 40.3 Å². The lowest BCUT2D eigenvalue weighted by Crippen LogP contribution is -2.39. The molecule has 2 aromatic heterocycles. The number of carbonyl (C=O) groups is 2. The Bertz CT molecular complexity index is 1340. The molecule has 4 aliphatic rings. The van der Waals surface area contributed by atoms with Crippen LogP contribution in [0.15, 0.2) is 18.5 Å². The van der Waals surface area contributed by atoms with E-state index in [-0.39, 0.29) is 62.3 Å². The molecule has 4 fully saturated rings. The molecule has 0 aliphatic heterocycles. The van der Waals surface area contributed by atoms with E-state index < -0.39 is 60.6 Å². The van der Waals surface area contributed by atoms with Gasteiger partial charge in [-0.25, -0.2) is 27.1 Å². The number of halogens is 7. The van der Waals surface area contributed by atoms with Crippen LogP contribution in [0.2, 0.25) is 0 Å². The Kier molecular flexibility index (Phi) is 7.19. The molecule has 0 bridgehead atoms. The monoisotopic (exact) mass is 603 g/mol. The maximum Gasteiger partial charge on any atom is 0.392 e. The minimum Gasteiger partial charge on any atom is -0.349 e. The molecule has 0 radical (unpaired) electrons. The number of aromatic nitrogens is 3. The molecule has 2 aromatic rings. The molecule has 6 rings (SSSR count). The Balaban J connectivity index is 1.20. The van der Waals surface area contributed by atoms with E-state index in [1.807, 2.05) is 0 Å². The van der Waals surface area contributed by atoms with Crippen LogP contribution in [0.3, 0.4) is 0 Å². The average Bonchev–Trinajstić information content (AvgIpc) is 3.80. The summed E-state index contributed by atoms with van der Waals surface area (Å²) in [5.41, 5.74) is 1.34. The molecule has 2 heterocycles. The summed E-state index contributed by atoms with van der Waals surface area (Å²) in [6.07, 6.45) is -1.18. The second-order valence-corrected chi connectivity index (χ2v) is 12.6. The van der Waals surface area contributed by atoms with Gasteiger partial charge in [0.1, 0.15) is 0 Å². The summed E-state index contributed by atoms with van der Waals surface area (Å²) in [5, 5.41) is 10.0. The van der Waals surface area contributed by atoms with Gasteiger partial charge in [0.15, 0.2) is 5.65 Å². The van der Waals surface area contributed by atoms with Gasteiger partial charge in [0.2, 0.25) is 23.7 Å². The van der Waals surface area contributed by atoms with Crippen molar-refractivity contribution in [1.29, 1.82) is 0 Å². The largest absolute Gasteiger partial charge is 0.392 e. The van der Waals surface area contributed by atoms with Crippen molar-refractivity contribution in [2.45, 2.75) is 94.3 Å². The van der Waals surface area contributed by atoms with E-state index in [2.05, 4.69) is 20.7 Å². The Morgan fingerprint density at radius 3 is 2.24 bits per heavy atom. The Morgan fingerprint density at radius 1 is 0.976 bits per heavy atom. The van der Waals surface area contributed by atoms with Crippen molar-refractivity contribution in [2.24, 2.45) is 29.6 Å². The minimum atomic E-state index is -4.48. The number of alkyl halides is 7. The predicted molar refractivity (Wildman–Crippen MR) is 134 cm³/mol. The maximum atomic E-state index is 13.9. The Hall–Kier alpha value is -2.93. The fourth-order valence-electron chi connectivity index (χ4n) is 6.49. The summed E-state index contributed by atoms with van der Waals surface area (Å²) in [6.45, 7) is 0. The summed E-state index contributed by atoms with van der Waals surface area (Å²) in [7, 11) is 0. The summed E-state index contributed by atoms with van der Waals surface area (Å²) in [6, 6.07) is 0.458. The highest BCUT2D eigenvalue weighted by atomic mass is 19.4. The van der Waals surface area contributed by atoms with Gasteiger partial charge in [-0.3, -0.25) is 9.59 Å². The van der Waals surface area contributed by atoms with Crippen LogP contribution in [0.25, 0.3) is 5.65 Å². The SMILES string of the molecule is O=C(CC1CC(F)(F)C1)NC(c1cnn2cc([C@@H](NC(=O)[C@@H]3C[C@H]3C(F)(F)F)C3CCC(F)(F)CC3)nc2c1)C1CC1. The molecule has 0 saturated heterocycles. The van der Waals surface area contributed by atoms with E-state index in [4.69, 9.17) is 0 Å². The van der Waals surface area contributed by atoms with Gasteiger partial charge < -0.3 is 10.6 Å². The number of nitrogens with one attached hydrogen (secondary N) is 2. The first-order valence-corrected chi connectivity index (χ1v) is 14.4. The van der Waals surface area contributed by atoms with Gasteiger partial charge in [0.25, 0.3) is 0 Å². The second-order valence-electron chi connectivity index (χ2n) is 12.6. The normalized spacial score (nSPS) is 27.2. The van der Waals surface area contributed by atoms with Gasteiger partial charge >= 0.3 is 6.18 Å². The third-order valence-corrected chi connectivity index (χ3v) is 9.17. The molecule has 2 amide bonds. The van der Waals surface area contributed by atoms with Crippen LogP contribution in [0.5, 0.6) is 0 Å². The molecule has 4 aliphatic carbocycles. The van der Waals surface area contributed by atoms with Crippen LogP contribution in [0, 0.1) is 29.6 Å². The highest BCUT2D eigenvalue weighted by Crippen LogP contribution is 2.51. The van der Waals surface area contributed by atoms with Crippen LogP contribution < -0.4 is 10.6 Å². The van der Waals surface area contributed by atoms with Crippen molar-refractivity contribution in [3.8, 4) is 0 Å². The number of amides is 2. The first kappa shape index (κ1) is 29.2. The van der Waals surface area contributed by atoms with E-state index in [0.717, 1.165) is 12.8 Å². The van der Waals surface area contributed by atoms with Crippen molar-refractivity contribution in [3.05, 3.63) is 29.7 Å². The van der Waals surface area contributed by atoms with Crippen LogP contribution >= 0.6 is 0 Å². The van der Waals surface area contributed by atoms with Crippen molar-refractivity contribution in [1.82, 2.24) is 25.2 Å². The van der Waals surface area contributed by atoms with Crippen LogP contribution in [0.1, 0.15) is 87.5 Å². The third-order valence-electron chi connectivity index (χ3n) is 9.17. The standard InChI is InChI=1S/C28H32F7N5O2/c29-26(30)5-3-16(4-6-26)24(39-25(42)18-9-19(18)28(33,34)35)20-13-40-21(37-20)8-17(12-36-40)23(15-1-2-15)38-22(41)7-14-10-27(31,32)11-14/h8,12-16,18-19,23-24H,1-7,9-11H2,(H,38,41)(H,39,42)/t18-,19-,23?,24+/m1/s1. The average molecular weight is 604 g/mol. The van der Waals surface area contributed by atoms with Crippen LogP contribution in [0.4, 0.5) is 30.7 Å². The van der Waals surface area contributed by atoms with Gasteiger partial charge in [-0.2, -0.15) is 18.3 Å². The number of nitrogens with zero attached hydrogens (tertiary/aromatic N) is 3. The molecule has 14 heteroatoms. The zero-order chi connectivity index (χ0) is 30.0. The first-order valence-electron chi connectivity index (χ1n) is 14.4. The Labute approximate surface area is 237 Å². The van der Waals surface area contributed by atoms with Gasteiger partial charge in [-0.05, 0) is 61.5 Å². The molecule has 1 unspecified atom stereocenters. The molecule has 0 aromatic carbocycles. The molecule has 7 nitrogen and oxygen atoms in total. The zero-order valence-corrected chi connectivity index (χ0v) is 22.6. The van der Waals surface area contributed by atoms with Crippen molar-refractivity contribution < 1.29 is 40.3 Å². The summed E-state index contributed by atoms with van der Waals surface area (Å²) >= 11 is 0. The topological polar surface area (TPSA) is 88.4 Å². The van der Waals surface area contributed by atoms with Crippen LogP contribution in [-0.2, 0) is 9.59 Å². The Morgan fingerprint density at radius 2 is 1.64 bits per heavy atom. The molecular weight excluding hydrogens is 571 g/mol. The van der Waals surface area contributed by atoms with Gasteiger partial charge in [0, 0.05) is 32.1 Å². The summed E-state index contributed by atoms with van der Waals surface area (Å²) in [5.74, 6) is -10.2. The summed E-state index contributed by atoms with van der Waals surface area (Å²) in [4.78, 5) is 30.0. The first-order chi connectivity index (χ1) is 19.7. The molecule has 42 heavy (non-hydrogen) atoms. The van der Waals surface area contributed by atoms with E-state index in [1.54, 1.807) is 12.3 Å². The number of rotatable bonds is 9. The van der Waals surface area contributed by atoms with E-state index in [1.165, 1.54) is 10.7 Å². The van der Waals surface area contributed by atoms with Gasteiger partial charge in [0.05, 0.1) is 42.0 Å². The quantitative estimate of drug-likeness (QED) is 0.349. The predicted octanol–water partition coefficient (Wildman–Crippen LogP) is 5.91. The fourth-order valence-corrected chi connectivity index (χ4v) is 6.49. The molecule has 2 N–H and O–H groups in total. The fraction of sp³-hybridized carbons (Fsp3) is 0.714. The molecule has 4 atom stereocenters. The van der Waals surface area contributed by atoms with Gasteiger partial charge in [-0.15, -0.1) is 0 Å². The molecule has 230 valence electrons. The lowest BCUT2D eigenvalue weighted by Gasteiger charge is -2.34. The number of fused-ring (bicyclic) bond motifs is 1. The van der Waals surface area contributed by atoms with E-state index in [0.29, 0.717) is 16.9 Å². The number of imidazole rings is 1. The van der Waals surface area contributed by atoms with Crippen molar-refractivity contribution in [3.63, 3.8) is 0 Å². The van der Waals surface area contributed by atoms with Crippen LogP contribution in [-0.4, -0.2) is 44.4 Å². The molecule has 4 saturated carbocycles.